The molecule has 0 saturated heterocycles. The van der Waals surface area contributed by atoms with Crippen molar-refractivity contribution in [2.75, 3.05) is 40.6 Å². The smallest absolute Gasteiger partial charge is 0.179 e. The Morgan fingerprint density at radius 3 is 0.891 bits per heavy atom. The lowest BCUT2D eigenvalue weighted by Gasteiger charge is -2.18. The Kier molecular flexibility index (Phi) is 45.2. The minimum Gasteiger partial charge on any atom is -0.353 e. The number of rotatable bonds is 46. The molecule has 0 aliphatic carbocycles. The van der Waals surface area contributed by atoms with Gasteiger partial charge >= 0.3 is 0 Å². The molecule has 0 heterocycles. The molecule has 0 saturated carbocycles. The maximum atomic E-state index is 6.02. The van der Waals surface area contributed by atoms with Crippen LogP contribution in [0.5, 0.6) is 0 Å². The maximum Gasteiger partial charge on any atom is 0.179 e. The first kappa shape index (κ1) is 54.2. The third-order valence-electron chi connectivity index (χ3n) is 10.1. The highest BCUT2D eigenvalue weighted by Crippen LogP contribution is 2.17. The molecule has 0 aliphatic heterocycles. The number of ether oxygens (including phenoxy) is 7. The zero-order chi connectivity index (χ0) is 40.1. The first-order valence-corrected chi connectivity index (χ1v) is 23.7. The molecule has 0 amide bonds. The zero-order valence-electron chi connectivity index (χ0n) is 37.5. The lowest BCUT2D eigenvalue weighted by atomic mass is 10.1. The van der Waals surface area contributed by atoms with Crippen LogP contribution in [-0.2, 0) is 33.2 Å². The molecule has 7 heteroatoms. The predicted octanol–water partition coefficient (Wildman–Crippen LogP) is 14.6. The highest BCUT2D eigenvalue weighted by Gasteiger charge is 2.12. The van der Waals surface area contributed by atoms with Gasteiger partial charge in [0.1, 0.15) is 0 Å². The van der Waals surface area contributed by atoms with Crippen molar-refractivity contribution < 1.29 is 33.2 Å². The summed E-state index contributed by atoms with van der Waals surface area (Å²) in [6.07, 6.45) is 44.3. The fourth-order valence-electron chi connectivity index (χ4n) is 6.39. The highest BCUT2D eigenvalue weighted by atomic mass is 16.8. The average molecular weight is 783 g/mol. The number of hydrogen-bond donors (Lipinski definition) is 0. The molecule has 0 spiro atoms. The summed E-state index contributed by atoms with van der Waals surface area (Å²) in [5.41, 5.74) is 0. The van der Waals surface area contributed by atoms with Crippen LogP contribution in [0.15, 0.2) is 24.3 Å². The molecule has 7 nitrogen and oxygen atoms in total. The third-order valence-corrected chi connectivity index (χ3v) is 10.1. The third kappa shape index (κ3) is 39.8. The van der Waals surface area contributed by atoms with E-state index in [1.165, 1.54) is 141 Å². The summed E-state index contributed by atoms with van der Waals surface area (Å²) in [5.74, 6) is 0. The Balaban J connectivity index is 3.84. The van der Waals surface area contributed by atoms with E-state index in [0.717, 1.165) is 77.8 Å². The molecule has 0 radical (unpaired) electrons. The van der Waals surface area contributed by atoms with Crippen molar-refractivity contribution in [2.24, 2.45) is 0 Å². The average Bonchev–Trinajstić information content (AvgIpc) is 3.19. The van der Waals surface area contributed by atoms with Crippen LogP contribution in [0.3, 0.4) is 0 Å². The van der Waals surface area contributed by atoms with E-state index in [0.29, 0.717) is 0 Å². The fraction of sp³-hybridized carbons (Fsp3) is 0.917. The molecular weight excluding hydrogens is 689 g/mol. The van der Waals surface area contributed by atoms with E-state index in [1.54, 1.807) is 14.2 Å². The van der Waals surface area contributed by atoms with E-state index in [1.807, 2.05) is 12.2 Å². The molecule has 55 heavy (non-hydrogen) atoms. The zero-order valence-corrected chi connectivity index (χ0v) is 37.5. The topological polar surface area (TPSA) is 64.6 Å². The summed E-state index contributed by atoms with van der Waals surface area (Å²) < 4.78 is 41.0. The second-order valence-electron chi connectivity index (χ2n) is 15.5. The molecule has 0 N–H and O–H groups in total. The maximum absolute atomic E-state index is 6.02. The number of allylic oxidation sites excluding steroid dienone is 2. The molecule has 0 fully saturated rings. The van der Waals surface area contributed by atoms with E-state index >= 15 is 0 Å². The Morgan fingerprint density at radius 2 is 0.618 bits per heavy atom. The van der Waals surface area contributed by atoms with Crippen LogP contribution < -0.4 is 0 Å². The summed E-state index contributed by atoms with van der Waals surface area (Å²) in [6, 6.07) is 0. The van der Waals surface area contributed by atoms with Crippen LogP contribution in [0, 0.1) is 0 Å². The van der Waals surface area contributed by atoms with Crippen molar-refractivity contribution in [1.29, 1.82) is 0 Å². The van der Waals surface area contributed by atoms with E-state index in [4.69, 9.17) is 33.2 Å². The van der Waals surface area contributed by atoms with E-state index in [9.17, 15) is 0 Å². The molecule has 0 aromatic rings. The van der Waals surface area contributed by atoms with Gasteiger partial charge in [-0.1, -0.05) is 155 Å². The first-order valence-electron chi connectivity index (χ1n) is 23.7. The number of methoxy groups -OCH3 is 2. The Morgan fingerprint density at radius 1 is 0.345 bits per heavy atom. The van der Waals surface area contributed by atoms with Gasteiger partial charge in [0.15, 0.2) is 25.2 Å². The Labute approximate surface area is 342 Å². The molecule has 0 bridgehead atoms. The van der Waals surface area contributed by atoms with Crippen molar-refractivity contribution in [2.45, 2.75) is 245 Å². The van der Waals surface area contributed by atoms with Gasteiger partial charge in [-0.2, -0.15) is 0 Å². The van der Waals surface area contributed by atoms with E-state index < -0.39 is 12.6 Å². The second-order valence-corrected chi connectivity index (χ2v) is 15.5. The summed E-state index contributed by atoms with van der Waals surface area (Å²) in [5, 5.41) is 0. The van der Waals surface area contributed by atoms with Crippen molar-refractivity contribution in [3.05, 3.63) is 24.3 Å². The molecule has 328 valence electrons. The standard InChI is InChI=1S/C48H94O7/c1-7-11-41-51-47(52-42-12-8-2)39-35-31-27-23-19-15-17-21-25-29-33-37-45(49-5)55-46(50-6)38-34-30-26-22-18-16-20-24-28-32-36-40-48(53-43-13-9-3)54-44-14-10-4/h33-34,37-38,45-48H,7-32,35-36,39-44H2,1-6H3. The molecule has 2 unspecified atom stereocenters. The normalized spacial score (nSPS) is 13.4. The van der Waals surface area contributed by atoms with Gasteiger partial charge < -0.3 is 33.2 Å². The van der Waals surface area contributed by atoms with Gasteiger partial charge in [0.25, 0.3) is 0 Å². The molecule has 0 aliphatic rings. The van der Waals surface area contributed by atoms with Gasteiger partial charge in [0, 0.05) is 40.6 Å². The summed E-state index contributed by atoms with van der Waals surface area (Å²) >= 11 is 0. The lowest BCUT2D eigenvalue weighted by molar-refractivity contribution is -0.188. The van der Waals surface area contributed by atoms with Gasteiger partial charge in [-0.15, -0.1) is 0 Å². The quantitative estimate of drug-likeness (QED) is 0.0346. The Bertz CT molecular complexity index is 693. The molecular formula is C48H94O7. The largest absolute Gasteiger partial charge is 0.353 e. The van der Waals surface area contributed by atoms with Crippen molar-refractivity contribution in [1.82, 2.24) is 0 Å². The summed E-state index contributed by atoms with van der Waals surface area (Å²) in [7, 11) is 3.38. The van der Waals surface area contributed by atoms with Crippen molar-refractivity contribution in [3.8, 4) is 0 Å². The highest BCUT2D eigenvalue weighted by molar-refractivity contribution is 4.89. The van der Waals surface area contributed by atoms with Crippen LogP contribution in [0.4, 0.5) is 0 Å². The minimum absolute atomic E-state index is 0.000630. The van der Waals surface area contributed by atoms with E-state index in [-0.39, 0.29) is 12.6 Å². The Hall–Kier alpha value is -0.800. The minimum atomic E-state index is -0.393. The monoisotopic (exact) mass is 783 g/mol. The molecule has 0 aromatic heterocycles. The van der Waals surface area contributed by atoms with Crippen LogP contribution in [0.1, 0.15) is 220 Å². The van der Waals surface area contributed by atoms with Gasteiger partial charge in [0.05, 0.1) is 0 Å². The van der Waals surface area contributed by atoms with Crippen LogP contribution >= 0.6 is 0 Å². The van der Waals surface area contributed by atoms with Crippen LogP contribution in [0.2, 0.25) is 0 Å². The van der Waals surface area contributed by atoms with Gasteiger partial charge in [-0.25, -0.2) is 0 Å². The van der Waals surface area contributed by atoms with Gasteiger partial charge in [-0.3, -0.25) is 0 Å². The molecule has 2 atom stereocenters. The van der Waals surface area contributed by atoms with Crippen LogP contribution in [0.25, 0.3) is 0 Å². The number of hydrogen-bond acceptors (Lipinski definition) is 7. The van der Waals surface area contributed by atoms with Crippen molar-refractivity contribution >= 4 is 0 Å². The lowest BCUT2D eigenvalue weighted by Crippen LogP contribution is -2.22. The summed E-state index contributed by atoms with van der Waals surface area (Å²) in [6.45, 7) is 12.1. The first-order chi connectivity index (χ1) is 27.1. The van der Waals surface area contributed by atoms with Crippen molar-refractivity contribution in [3.63, 3.8) is 0 Å². The summed E-state index contributed by atoms with van der Waals surface area (Å²) in [4.78, 5) is 0. The van der Waals surface area contributed by atoms with Gasteiger partial charge in [0.2, 0.25) is 0 Å². The SMILES string of the molecule is CCCCOC(CCCCCCCCCCCC=CC(OC)OC(C=CCCCCCCCCCCCC(OCCCC)OCCCC)OC)OCCCC. The van der Waals surface area contributed by atoms with Gasteiger partial charge in [-0.05, 0) is 89.2 Å². The number of unbranched alkanes of at least 4 members (excludes halogenated alkanes) is 22. The predicted molar refractivity (Wildman–Crippen MR) is 234 cm³/mol. The molecule has 0 aromatic carbocycles. The van der Waals surface area contributed by atoms with E-state index in [2.05, 4.69) is 39.8 Å². The molecule has 0 rings (SSSR count). The second kappa shape index (κ2) is 45.9. The van der Waals surface area contributed by atoms with Crippen LogP contribution in [-0.4, -0.2) is 65.8 Å². The fourth-order valence-corrected chi connectivity index (χ4v) is 6.39.